The molecular weight excluding hydrogens is 216 g/mol. The molecule has 0 aliphatic rings. The van der Waals surface area contributed by atoms with Gasteiger partial charge in [-0.2, -0.15) is 0 Å². The smallest absolute Gasteiger partial charge is 0.138 e. The van der Waals surface area contributed by atoms with Crippen molar-refractivity contribution >= 4 is 0 Å². The molecule has 1 aromatic heterocycles. The van der Waals surface area contributed by atoms with Crippen LogP contribution in [0, 0.1) is 0 Å². The lowest BCUT2D eigenvalue weighted by Gasteiger charge is -2.08. The van der Waals surface area contributed by atoms with Crippen LogP contribution in [-0.2, 0) is 6.54 Å². The van der Waals surface area contributed by atoms with Crippen molar-refractivity contribution in [1.29, 1.82) is 0 Å². The van der Waals surface area contributed by atoms with Crippen LogP contribution in [0.15, 0.2) is 42.1 Å². The van der Waals surface area contributed by atoms with Crippen molar-refractivity contribution < 1.29 is 5.11 Å². The average Bonchev–Trinajstić information content (AvgIpc) is 2.79. The van der Waals surface area contributed by atoms with Crippen LogP contribution in [0.5, 0.6) is 0 Å². The predicted molar refractivity (Wildman–Crippen MR) is 64.0 cm³/mol. The van der Waals surface area contributed by atoms with Crippen LogP contribution < -0.4 is 0 Å². The number of aliphatic hydroxyl groups is 1. The topological polar surface area (TPSA) is 63.8 Å². The number of aromatic nitrogens is 4. The highest BCUT2D eigenvalue weighted by Gasteiger charge is 2.06. The molecule has 1 unspecified atom stereocenters. The van der Waals surface area contributed by atoms with Crippen molar-refractivity contribution in [2.75, 3.05) is 0 Å². The summed E-state index contributed by atoms with van der Waals surface area (Å²) in [5.41, 5.74) is 6.87. The fourth-order valence-corrected chi connectivity index (χ4v) is 1.24. The molecule has 0 bridgehead atoms. The normalized spacial score (nSPS) is 11.2. The molecule has 0 amide bonds. The second-order valence-electron chi connectivity index (χ2n) is 3.68. The molecule has 1 atom stereocenters. The number of hydrogen-bond acceptors (Lipinski definition) is 4. The van der Waals surface area contributed by atoms with E-state index in [0.29, 0.717) is 13.0 Å². The Morgan fingerprint density at radius 2 is 2.47 bits per heavy atom. The van der Waals surface area contributed by atoms with Crippen molar-refractivity contribution in [3.05, 3.63) is 42.1 Å². The molecule has 0 radical (unpaired) electrons. The Morgan fingerprint density at radius 1 is 1.65 bits per heavy atom. The predicted octanol–water partition coefficient (Wildman–Crippen LogP) is 1.26. The molecule has 0 aromatic carbocycles. The Hall–Kier alpha value is -1.93. The zero-order valence-electron chi connectivity index (χ0n) is 9.87. The summed E-state index contributed by atoms with van der Waals surface area (Å²) in [5, 5.41) is 20.4. The van der Waals surface area contributed by atoms with Crippen molar-refractivity contribution in [2.24, 2.45) is 0 Å². The molecule has 1 heterocycles. The molecule has 0 fully saturated rings. The zero-order chi connectivity index (χ0) is 12.5. The average molecular weight is 232 g/mol. The highest BCUT2D eigenvalue weighted by molar-refractivity contribution is 5.02. The lowest BCUT2D eigenvalue weighted by molar-refractivity contribution is 0.139. The van der Waals surface area contributed by atoms with Gasteiger partial charge in [-0.3, -0.25) is 0 Å². The second-order valence-corrected chi connectivity index (χ2v) is 3.68. The van der Waals surface area contributed by atoms with E-state index in [1.807, 2.05) is 6.92 Å². The van der Waals surface area contributed by atoms with Crippen molar-refractivity contribution in [2.45, 2.75) is 32.4 Å². The van der Waals surface area contributed by atoms with Gasteiger partial charge in [-0.15, -0.1) is 5.10 Å². The van der Waals surface area contributed by atoms with E-state index in [0.717, 1.165) is 12.0 Å². The number of rotatable bonds is 6. The summed E-state index contributed by atoms with van der Waals surface area (Å²) in [6, 6.07) is 0. The fraction of sp³-hybridized carbons (Fsp3) is 0.417. The highest BCUT2D eigenvalue weighted by Crippen LogP contribution is 2.06. The maximum atomic E-state index is 9.74. The Morgan fingerprint density at radius 3 is 3.12 bits per heavy atom. The Kier molecular flexibility index (Phi) is 5.69. The first-order valence-electron chi connectivity index (χ1n) is 5.39. The molecule has 0 aliphatic carbocycles. The van der Waals surface area contributed by atoms with Gasteiger partial charge in [0.25, 0.3) is 0 Å². The maximum absolute atomic E-state index is 9.74. The van der Waals surface area contributed by atoms with Gasteiger partial charge in [-0.1, -0.05) is 24.1 Å². The summed E-state index contributed by atoms with van der Waals surface area (Å²) in [6.45, 7) is 5.91. The van der Waals surface area contributed by atoms with Crippen molar-refractivity contribution in [3.8, 4) is 0 Å². The number of aliphatic hydroxyl groups excluding tert-OH is 1. The van der Waals surface area contributed by atoms with Crippen LogP contribution in [0.4, 0.5) is 0 Å². The first-order valence-corrected chi connectivity index (χ1v) is 5.39. The maximum Gasteiger partial charge on any atom is 0.138 e. The molecule has 5 heteroatoms. The third-order valence-corrected chi connectivity index (χ3v) is 2.13. The summed E-state index contributed by atoms with van der Waals surface area (Å²) in [7, 11) is 0. The number of nitrogens with zero attached hydrogens (tertiary/aromatic N) is 4. The minimum atomic E-state index is -0.460. The number of hydrogen-bond donors (Lipinski definition) is 1. The number of allylic oxidation sites excluding steroid dienone is 3. The highest BCUT2D eigenvalue weighted by atomic mass is 16.3. The van der Waals surface area contributed by atoms with E-state index in [-0.39, 0.29) is 0 Å². The second kappa shape index (κ2) is 7.36. The molecule has 90 valence electrons. The van der Waals surface area contributed by atoms with Crippen LogP contribution in [0.1, 0.15) is 19.8 Å². The summed E-state index contributed by atoms with van der Waals surface area (Å²) in [5.74, 6) is 0. The van der Waals surface area contributed by atoms with Crippen LogP contribution in [-0.4, -0.2) is 31.4 Å². The quantitative estimate of drug-likeness (QED) is 0.592. The van der Waals surface area contributed by atoms with Crippen molar-refractivity contribution in [3.63, 3.8) is 0 Å². The SMILES string of the molecule is C=CC=C=C=C(C)CCC(O)Cn1cnnn1. The standard InChI is InChI=1S/C12H16N4O/c1-3-4-5-6-11(2)7-8-12(17)9-16-10-13-14-15-16/h3-4,10,12,17H,1,7-9H2,2H3. The molecule has 0 saturated carbocycles. The van der Waals surface area contributed by atoms with E-state index >= 15 is 0 Å². The molecule has 0 aliphatic heterocycles. The Bertz CT molecular complexity index is 437. The Labute approximate surface area is 100 Å². The lowest BCUT2D eigenvalue weighted by Crippen LogP contribution is -2.16. The third kappa shape index (κ3) is 5.64. The monoisotopic (exact) mass is 232 g/mol. The first-order chi connectivity index (χ1) is 8.22. The summed E-state index contributed by atoms with van der Waals surface area (Å²) < 4.78 is 1.51. The molecule has 1 N–H and O–H groups in total. The lowest BCUT2D eigenvalue weighted by atomic mass is 10.1. The molecule has 1 aromatic rings. The minimum absolute atomic E-state index is 0.409. The minimum Gasteiger partial charge on any atom is -0.391 e. The zero-order valence-corrected chi connectivity index (χ0v) is 9.87. The molecule has 1 rings (SSSR count). The van der Waals surface area contributed by atoms with Gasteiger partial charge in [-0.05, 0) is 41.8 Å². The molecule has 0 saturated heterocycles. The van der Waals surface area contributed by atoms with Crippen LogP contribution in [0.2, 0.25) is 0 Å². The van der Waals surface area contributed by atoms with E-state index in [2.05, 4.69) is 33.6 Å². The van der Waals surface area contributed by atoms with Crippen LogP contribution in [0.3, 0.4) is 0 Å². The molecule has 5 nitrogen and oxygen atoms in total. The fourth-order valence-electron chi connectivity index (χ4n) is 1.24. The first kappa shape index (κ1) is 13.1. The van der Waals surface area contributed by atoms with E-state index in [1.165, 1.54) is 11.0 Å². The third-order valence-electron chi connectivity index (χ3n) is 2.13. The van der Waals surface area contributed by atoms with E-state index in [9.17, 15) is 5.11 Å². The van der Waals surface area contributed by atoms with Gasteiger partial charge >= 0.3 is 0 Å². The van der Waals surface area contributed by atoms with Gasteiger partial charge in [0.2, 0.25) is 0 Å². The summed E-state index contributed by atoms with van der Waals surface area (Å²) in [6.07, 6.45) is 5.78. The van der Waals surface area contributed by atoms with Crippen LogP contribution in [0.25, 0.3) is 0 Å². The van der Waals surface area contributed by atoms with Gasteiger partial charge in [0.05, 0.1) is 12.6 Å². The summed E-state index contributed by atoms with van der Waals surface area (Å²) >= 11 is 0. The molecule has 17 heavy (non-hydrogen) atoms. The van der Waals surface area contributed by atoms with E-state index < -0.39 is 6.10 Å². The Balaban J connectivity index is 2.38. The van der Waals surface area contributed by atoms with E-state index in [1.54, 1.807) is 12.2 Å². The van der Waals surface area contributed by atoms with Crippen LogP contribution >= 0.6 is 0 Å². The molecule has 0 spiro atoms. The number of tetrazole rings is 1. The van der Waals surface area contributed by atoms with Crippen molar-refractivity contribution in [1.82, 2.24) is 20.2 Å². The molecular formula is C12H16N4O. The largest absolute Gasteiger partial charge is 0.391 e. The van der Waals surface area contributed by atoms with Gasteiger partial charge in [0, 0.05) is 0 Å². The van der Waals surface area contributed by atoms with Gasteiger partial charge in [0.15, 0.2) is 0 Å². The van der Waals surface area contributed by atoms with Gasteiger partial charge in [-0.25, -0.2) is 4.68 Å². The van der Waals surface area contributed by atoms with Gasteiger partial charge < -0.3 is 5.11 Å². The summed E-state index contributed by atoms with van der Waals surface area (Å²) in [4.78, 5) is 0. The van der Waals surface area contributed by atoms with Gasteiger partial charge in [0.1, 0.15) is 6.33 Å². The van der Waals surface area contributed by atoms with E-state index in [4.69, 9.17) is 0 Å².